The number of benzene rings is 2. The van der Waals surface area contributed by atoms with Crippen LogP contribution in [0.2, 0.25) is 5.02 Å². The van der Waals surface area contributed by atoms with Gasteiger partial charge in [-0.2, -0.15) is 0 Å². The largest absolute Gasteiger partial charge is 0.387 e. The highest BCUT2D eigenvalue weighted by Gasteiger charge is 2.07. The lowest BCUT2D eigenvalue weighted by molar-refractivity contribution is 0.138. The van der Waals surface area contributed by atoms with Crippen molar-refractivity contribution in [3.63, 3.8) is 0 Å². The molecule has 1 atom stereocenters. The van der Waals surface area contributed by atoms with Gasteiger partial charge in [0, 0.05) is 11.6 Å². The van der Waals surface area contributed by atoms with Gasteiger partial charge in [0.05, 0.1) is 6.10 Å². The zero-order valence-electron chi connectivity index (χ0n) is 12.3. The van der Waals surface area contributed by atoms with E-state index >= 15 is 0 Å². The molecule has 2 nitrogen and oxygen atoms in total. The molecule has 0 unspecified atom stereocenters. The molecule has 0 aliphatic carbocycles. The van der Waals surface area contributed by atoms with Gasteiger partial charge in [-0.15, -0.1) is 0 Å². The molecule has 0 fully saturated rings. The van der Waals surface area contributed by atoms with E-state index in [1.165, 1.54) is 0 Å². The summed E-state index contributed by atoms with van der Waals surface area (Å²) in [4.78, 5) is 1.97. The Hall–Kier alpha value is -1.61. The first-order valence-electron chi connectivity index (χ1n) is 6.91. The predicted molar refractivity (Wildman–Crippen MR) is 90.3 cm³/mol. The molecular weight excluding hydrogens is 282 g/mol. The van der Waals surface area contributed by atoms with Crippen molar-refractivity contribution in [1.29, 1.82) is 0 Å². The van der Waals surface area contributed by atoms with Crippen molar-refractivity contribution in [3.05, 3.63) is 70.2 Å². The smallest absolute Gasteiger partial charge is 0.0916 e. The summed E-state index contributed by atoms with van der Waals surface area (Å²) < 4.78 is 0. The summed E-state index contributed by atoms with van der Waals surface area (Å²) in [6.07, 6.45) is 3.64. The fourth-order valence-electron chi connectivity index (χ4n) is 2.05. The molecule has 1 N–H and O–H groups in total. The Kier molecular flexibility index (Phi) is 5.57. The molecule has 0 aliphatic rings. The van der Waals surface area contributed by atoms with Crippen LogP contribution in [0.4, 0.5) is 0 Å². The van der Waals surface area contributed by atoms with Crippen LogP contribution in [0.1, 0.15) is 22.8 Å². The first-order chi connectivity index (χ1) is 10.0. The van der Waals surface area contributed by atoms with Gasteiger partial charge in [0.1, 0.15) is 0 Å². The second-order valence-corrected chi connectivity index (χ2v) is 5.77. The minimum atomic E-state index is -0.450. The average Bonchev–Trinajstić information content (AvgIpc) is 2.46. The Balaban J connectivity index is 2.03. The number of likely N-dealkylation sites (N-methyl/N-ethyl adjacent to an activating group) is 1. The van der Waals surface area contributed by atoms with E-state index in [9.17, 15) is 5.11 Å². The predicted octanol–water partition coefficient (Wildman–Crippen LogP) is 4.11. The molecule has 0 saturated heterocycles. The van der Waals surface area contributed by atoms with Crippen LogP contribution in [0, 0.1) is 0 Å². The van der Waals surface area contributed by atoms with Crippen LogP contribution in [0.3, 0.4) is 0 Å². The van der Waals surface area contributed by atoms with Gasteiger partial charge < -0.3 is 10.0 Å². The highest BCUT2D eigenvalue weighted by atomic mass is 35.5. The topological polar surface area (TPSA) is 23.5 Å². The molecule has 0 aliphatic heterocycles. The molecule has 0 saturated carbocycles. The Morgan fingerprint density at radius 3 is 1.90 bits per heavy atom. The van der Waals surface area contributed by atoms with Crippen molar-refractivity contribution in [2.75, 3.05) is 20.6 Å². The lowest BCUT2D eigenvalue weighted by atomic mass is 10.1. The van der Waals surface area contributed by atoms with E-state index in [1.807, 2.05) is 79.7 Å². The maximum absolute atomic E-state index is 10.0. The van der Waals surface area contributed by atoms with E-state index in [0.29, 0.717) is 6.54 Å². The summed E-state index contributed by atoms with van der Waals surface area (Å²) in [5, 5.41) is 10.8. The van der Waals surface area contributed by atoms with Gasteiger partial charge in [-0.1, -0.05) is 60.2 Å². The zero-order valence-corrected chi connectivity index (χ0v) is 13.1. The number of aliphatic hydroxyl groups is 1. The highest BCUT2D eigenvalue weighted by molar-refractivity contribution is 6.30. The van der Waals surface area contributed by atoms with Crippen molar-refractivity contribution >= 4 is 23.8 Å². The third-order valence-electron chi connectivity index (χ3n) is 3.20. The van der Waals surface area contributed by atoms with E-state index in [-0.39, 0.29) is 0 Å². The molecule has 3 heteroatoms. The maximum Gasteiger partial charge on any atom is 0.0916 e. The van der Waals surface area contributed by atoms with Crippen molar-refractivity contribution in [1.82, 2.24) is 4.90 Å². The standard InChI is InChI=1S/C18H20ClNO/c1-20(2)13-18(21)16-9-5-14(6-10-16)3-4-15-7-11-17(19)12-8-15/h3-12,18,21H,13H2,1-2H3/b4-3+/t18-/m1/s1. The Bertz CT molecular complexity index is 588. The first-order valence-corrected chi connectivity index (χ1v) is 7.29. The Labute approximate surface area is 131 Å². The van der Waals surface area contributed by atoms with Crippen LogP contribution >= 0.6 is 11.6 Å². The summed E-state index contributed by atoms with van der Waals surface area (Å²) in [5.74, 6) is 0. The minimum absolute atomic E-state index is 0.450. The van der Waals surface area contributed by atoms with Gasteiger partial charge in [0.15, 0.2) is 0 Å². The van der Waals surface area contributed by atoms with Crippen LogP contribution in [0.15, 0.2) is 48.5 Å². The Morgan fingerprint density at radius 1 is 0.952 bits per heavy atom. The zero-order chi connectivity index (χ0) is 15.2. The molecule has 21 heavy (non-hydrogen) atoms. The molecule has 0 bridgehead atoms. The lowest BCUT2D eigenvalue weighted by Crippen LogP contribution is -2.19. The highest BCUT2D eigenvalue weighted by Crippen LogP contribution is 2.16. The van der Waals surface area contributed by atoms with Gasteiger partial charge in [-0.05, 0) is 42.9 Å². The normalized spacial score (nSPS) is 13.0. The third-order valence-corrected chi connectivity index (χ3v) is 3.45. The van der Waals surface area contributed by atoms with E-state index in [4.69, 9.17) is 11.6 Å². The first kappa shape index (κ1) is 15.8. The number of rotatable bonds is 5. The molecule has 110 valence electrons. The van der Waals surface area contributed by atoms with E-state index in [0.717, 1.165) is 21.7 Å². The molecule has 2 aromatic rings. The molecule has 0 aromatic heterocycles. The van der Waals surface area contributed by atoms with Crippen molar-refractivity contribution in [2.45, 2.75) is 6.10 Å². The summed E-state index contributed by atoms with van der Waals surface area (Å²) in [6.45, 7) is 0.625. The number of nitrogens with zero attached hydrogens (tertiary/aromatic N) is 1. The fourth-order valence-corrected chi connectivity index (χ4v) is 2.17. The van der Waals surface area contributed by atoms with Crippen molar-refractivity contribution < 1.29 is 5.11 Å². The minimum Gasteiger partial charge on any atom is -0.387 e. The van der Waals surface area contributed by atoms with Crippen molar-refractivity contribution in [2.24, 2.45) is 0 Å². The fraction of sp³-hybridized carbons (Fsp3) is 0.222. The second-order valence-electron chi connectivity index (χ2n) is 5.33. The van der Waals surface area contributed by atoms with Crippen LogP contribution in [-0.2, 0) is 0 Å². The van der Waals surface area contributed by atoms with Crippen LogP contribution < -0.4 is 0 Å². The molecule has 0 amide bonds. The maximum atomic E-state index is 10.0. The van der Waals surface area contributed by atoms with Crippen LogP contribution in [0.5, 0.6) is 0 Å². The molecule has 0 radical (unpaired) electrons. The molecule has 2 rings (SSSR count). The van der Waals surface area contributed by atoms with E-state index < -0.39 is 6.10 Å². The van der Waals surface area contributed by atoms with Crippen LogP contribution in [0.25, 0.3) is 12.2 Å². The van der Waals surface area contributed by atoms with Gasteiger partial charge in [0.25, 0.3) is 0 Å². The quantitative estimate of drug-likeness (QED) is 0.840. The molecular formula is C18H20ClNO. The number of hydrogen-bond acceptors (Lipinski definition) is 2. The lowest BCUT2D eigenvalue weighted by Gasteiger charge is -2.16. The second kappa shape index (κ2) is 7.41. The number of hydrogen-bond donors (Lipinski definition) is 1. The Morgan fingerprint density at radius 2 is 1.43 bits per heavy atom. The number of halogens is 1. The average molecular weight is 302 g/mol. The molecule has 0 heterocycles. The molecule has 0 spiro atoms. The van der Waals surface area contributed by atoms with E-state index in [2.05, 4.69) is 0 Å². The summed E-state index contributed by atoms with van der Waals surface area (Å²) in [6, 6.07) is 15.7. The summed E-state index contributed by atoms with van der Waals surface area (Å²) >= 11 is 5.86. The summed E-state index contributed by atoms with van der Waals surface area (Å²) in [7, 11) is 3.90. The molecule has 2 aromatic carbocycles. The number of aliphatic hydroxyl groups excluding tert-OH is 1. The van der Waals surface area contributed by atoms with Crippen LogP contribution in [-0.4, -0.2) is 30.6 Å². The summed E-state index contributed by atoms with van der Waals surface area (Å²) in [5.41, 5.74) is 3.15. The SMILES string of the molecule is CN(C)C[C@@H](O)c1ccc(/C=C/c2ccc(Cl)cc2)cc1. The van der Waals surface area contributed by atoms with Gasteiger partial charge >= 0.3 is 0 Å². The third kappa shape index (κ3) is 5.01. The van der Waals surface area contributed by atoms with Gasteiger partial charge in [-0.3, -0.25) is 0 Å². The van der Waals surface area contributed by atoms with Crippen molar-refractivity contribution in [3.8, 4) is 0 Å². The monoisotopic (exact) mass is 301 g/mol. The van der Waals surface area contributed by atoms with Gasteiger partial charge in [0.2, 0.25) is 0 Å². The van der Waals surface area contributed by atoms with E-state index in [1.54, 1.807) is 0 Å². The van der Waals surface area contributed by atoms with Gasteiger partial charge in [-0.25, -0.2) is 0 Å².